The Labute approximate surface area is 309 Å². The molecule has 52 heavy (non-hydrogen) atoms. The van der Waals surface area contributed by atoms with Gasteiger partial charge in [-0.25, -0.2) is 29.9 Å². The molecule has 0 radical (unpaired) electrons. The maximum atomic E-state index is 5.93. The van der Waals surface area contributed by atoms with Gasteiger partial charge in [-0.3, -0.25) is 0 Å². The molecule has 0 aliphatic rings. The summed E-state index contributed by atoms with van der Waals surface area (Å²) in [6.45, 7) is 11.7. The zero-order valence-corrected chi connectivity index (χ0v) is 31.4. The molecule has 0 atom stereocenters. The third kappa shape index (κ3) is 7.55. The number of fused-ring (bicyclic) bond motifs is 2. The number of pyridine rings is 2. The van der Waals surface area contributed by atoms with E-state index in [9.17, 15) is 0 Å². The van der Waals surface area contributed by atoms with E-state index in [2.05, 4.69) is 92.4 Å². The highest BCUT2D eigenvalue weighted by Crippen LogP contribution is 2.40. The lowest BCUT2D eigenvalue weighted by molar-refractivity contribution is 0.443. The number of benzene rings is 2. The van der Waals surface area contributed by atoms with Gasteiger partial charge in [0, 0.05) is 76.4 Å². The maximum absolute atomic E-state index is 5.93. The maximum Gasteiger partial charge on any atom is 0.321 e. The van der Waals surface area contributed by atoms with Crippen LogP contribution in [0.2, 0.25) is 18.1 Å². The van der Waals surface area contributed by atoms with Gasteiger partial charge < -0.3 is 18.7 Å². The predicted molar refractivity (Wildman–Crippen MR) is 211 cm³/mol. The van der Waals surface area contributed by atoms with E-state index in [0.29, 0.717) is 23.5 Å². The molecule has 0 fully saturated rings. The summed E-state index contributed by atoms with van der Waals surface area (Å²) in [7, 11) is -1.74. The van der Waals surface area contributed by atoms with Crippen molar-refractivity contribution in [3.63, 3.8) is 0 Å². The van der Waals surface area contributed by atoms with Gasteiger partial charge in [-0.2, -0.15) is 0 Å². The molecular weight excluding hydrogens is 688 g/mol. The first kappa shape index (κ1) is 35.9. The Balaban J connectivity index is 0.000000181. The molecule has 0 aliphatic heterocycles. The lowest BCUT2D eigenvalue weighted by Gasteiger charge is -2.38. The normalized spacial score (nSPS) is 11.4. The van der Waals surface area contributed by atoms with Gasteiger partial charge in [0.05, 0.1) is 0 Å². The molecule has 12 heteroatoms. The highest BCUT2D eigenvalue weighted by molar-refractivity contribution is 6.79. The Bertz CT molecular complexity index is 2410. The number of para-hydroxylation sites is 2. The van der Waals surface area contributed by atoms with Gasteiger partial charge in [0.15, 0.2) is 8.24 Å². The Morgan fingerprint density at radius 1 is 0.615 bits per heavy atom. The smallest absolute Gasteiger partial charge is 0.321 e. The van der Waals surface area contributed by atoms with Gasteiger partial charge in [0.1, 0.15) is 22.8 Å². The van der Waals surface area contributed by atoms with Gasteiger partial charge in [-0.15, -0.1) is 12.4 Å². The summed E-state index contributed by atoms with van der Waals surface area (Å²) in [6.07, 6.45) is 14.5. The van der Waals surface area contributed by atoms with Crippen LogP contribution in [0.1, 0.15) is 20.8 Å². The van der Waals surface area contributed by atoms with E-state index >= 15 is 0 Å². The van der Waals surface area contributed by atoms with E-state index in [1.165, 1.54) is 0 Å². The summed E-state index contributed by atoms with van der Waals surface area (Å²) in [5, 5.41) is 2.43. The number of halogens is 1. The summed E-state index contributed by atoms with van der Waals surface area (Å²) < 4.78 is 14.1. The fraction of sp³-hybridized carbons (Fsp3) is 0.150. The summed E-state index contributed by atoms with van der Waals surface area (Å²) in [5.41, 5.74) is 5.83. The van der Waals surface area contributed by atoms with Gasteiger partial charge >= 0.3 is 12.0 Å². The molecule has 0 saturated carbocycles. The Morgan fingerprint density at radius 2 is 1.13 bits per heavy atom. The molecule has 2 aromatic carbocycles. The van der Waals surface area contributed by atoms with Gasteiger partial charge in [-0.1, -0.05) is 70.3 Å². The van der Waals surface area contributed by atoms with Crippen LogP contribution in [0.15, 0.2) is 135 Å². The van der Waals surface area contributed by atoms with Gasteiger partial charge in [0.25, 0.3) is 0 Å². The fourth-order valence-corrected chi connectivity index (χ4v) is 7.42. The third-order valence-corrected chi connectivity index (χ3v) is 14.5. The average molecular weight is 727 g/mol. The number of ether oxygens (including phenoxy) is 2. The number of aromatic nitrogens is 8. The van der Waals surface area contributed by atoms with Crippen LogP contribution in [-0.4, -0.2) is 47.4 Å². The van der Waals surface area contributed by atoms with E-state index in [1.54, 1.807) is 36.9 Å². The molecule has 8 aromatic rings. The minimum absolute atomic E-state index is 0. The Hall–Kier alpha value is -5.91. The monoisotopic (exact) mass is 726 g/mol. The van der Waals surface area contributed by atoms with Crippen molar-refractivity contribution in [3.8, 4) is 45.8 Å². The summed E-state index contributed by atoms with van der Waals surface area (Å²) in [6, 6.07) is 28.3. The minimum Gasteiger partial charge on any atom is -0.424 e. The lowest BCUT2D eigenvalue weighted by atomic mass is 10.1. The molecule has 6 aromatic heterocycles. The van der Waals surface area contributed by atoms with Crippen LogP contribution in [0.25, 0.3) is 44.3 Å². The van der Waals surface area contributed by atoms with Crippen molar-refractivity contribution in [1.82, 2.24) is 39.1 Å². The minimum atomic E-state index is -1.74. The molecule has 1 N–H and O–H groups in total. The van der Waals surface area contributed by atoms with Crippen LogP contribution in [-0.2, 0) is 0 Å². The number of hydrogen-bond acceptors (Lipinski definition) is 8. The van der Waals surface area contributed by atoms with Crippen molar-refractivity contribution in [1.29, 1.82) is 0 Å². The Morgan fingerprint density at radius 3 is 1.69 bits per heavy atom. The fourth-order valence-electron chi connectivity index (χ4n) is 5.53. The molecule has 0 saturated heterocycles. The molecule has 262 valence electrons. The van der Waals surface area contributed by atoms with E-state index in [0.717, 1.165) is 44.3 Å². The van der Waals surface area contributed by atoms with E-state index in [4.69, 9.17) is 14.5 Å². The second kappa shape index (κ2) is 15.1. The van der Waals surface area contributed by atoms with Crippen molar-refractivity contribution in [3.05, 3.63) is 135 Å². The SMILES string of the molecule is CC(C)(C)[Si](C)(C)n1ccc2cc(-c3ccccc3Oc3ncccn3)cnc21.Cl.c1cnc(Oc2ccccc2-c2cnc3[nH]ccc3c2)nc1. The molecule has 10 nitrogen and oxygen atoms in total. The number of nitrogens with zero attached hydrogens (tertiary/aromatic N) is 7. The first-order valence-electron chi connectivity index (χ1n) is 16.7. The van der Waals surface area contributed by atoms with Crippen LogP contribution < -0.4 is 9.47 Å². The second-order valence-corrected chi connectivity index (χ2v) is 18.6. The summed E-state index contributed by atoms with van der Waals surface area (Å²) >= 11 is 0. The van der Waals surface area contributed by atoms with Crippen LogP contribution in [0.4, 0.5) is 0 Å². The average Bonchev–Trinajstić information content (AvgIpc) is 3.80. The molecule has 8 rings (SSSR count). The molecule has 0 bridgehead atoms. The molecule has 0 amide bonds. The van der Waals surface area contributed by atoms with E-state index in [-0.39, 0.29) is 17.4 Å². The van der Waals surface area contributed by atoms with Crippen LogP contribution in [0.3, 0.4) is 0 Å². The van der Waals surface area contributed by atoms with Gasteiger partial charge in [0.2, 0.25) is 0 Å². The molecule has 6 heterocycles. The molecule has 0 unspecified atom stereocenters. The van der Waals surface area contributed by atoms with Crippen LogP contribution in [0.5, 0.6) is 23.5 Å². The van der Waals surface area contributed by atoms with Crippen molar-refractivity contribution < 1.29 is 9.47 Å². The zero-order valence-electron chi connectivity index (χ0n) is 29.6. The number of nitrogens with one attached hydrogen (secondary N) is 1. The first-order valence-corrected chi connectivity index (χ1v) is 19.6. The molecule has 0 spiro atoms. The largest absolute Gasteiger partial charge is 0.424 e. The standard InChI is InChI=1S/C23H26N4OSi.C17H12N4O.ClH/c1-23(2,3)29(4,5)27-14-11-17-15-18(16-26-21(17)27)19-9-6-7-10-20(19)28-22-24-12-8-13-25-22;1-2-5-15(22-17-19-7-3-8-20-17)14(4-1)13-10-12-6-9-18-16(12)21-11-13;/h6-16H,1-5H3;1-11H,(H,18,21);1H. The quantitative estimate of drug-likeness (QED) is 0.161. The number of aromatic amines is 1. The van der Waals surface area contributed by atoms with E-state index in [1.807, 2.05) is 73.2 Å². The highest BCUT2D eigenvalue weighted by Gasteiger charge is 2.38. The van der Waals surface area contributed by atoms with Crippen molar-refractivity contribution in [2.45, 2.75) is 38.9 Å². The number of H-pyrrole nitrogens is 1. The molecular formula is C40H39ClN8O2Si. The van der Waals surface area contributed by atoms with Crippen molar-refractivity contribution >= 4 is 42.7 Å². The van der Waals surface area contributed by atoms with Crippen molar-refractivity contribution in [2.24, 2.45) is 0 Å². The zero-order chi connectivity index (χ0) is 35.4. The molecule has 0 aliphatic carbocycles. The van der Waals surface area contributed by atoms with Crippen LogP contribution in [0, 0.1) is 0 Å². The van der Waals surface area contributed by atoms with Crippen molar-refractivity contribution in [2.75, 3.05) is 0 Å². The first-order chi connectivity index (χ1) is 24.7. The van der Waals surface area contributed by atoms with E-state index < -0.39 is 8.24 Å². The number of rotatable bonds is 7. The lowest BCUT2D eigenvalue weighted by Crippen LogP contribution is -2.45. The summed E-state index contributed by atoms with van der Waals surface area (Å²) in [4.78, 5) is 28.9. The summed E-state index contributed by atoms with van der Waals surface area (Å²) in [5.74, 6) is 1.41. The second-order valence-electron chi connectivity index (χ2n) is 13.5. The number of hydrogen-bond donors (Lipinski definition) is 1. The highest BCUT2D eigenvalue weighted by atomic mass is 35.5. The van der Waals surface area contributed by atoms with Gasteiger partial charge in [-0.05, 0) is 59.8 Å². The Kier molecular flexibility index (Phi) is 10.4. The predicted octanol–water partition coefficient (Wildman–Crippen LogP) is 10.4. The third-order valence-electron chi connectivity index (χ3n) is 9.25. The van der Waals surface area contributed by atoms with Crippen LogP contribution >= 0.6 is 12.4 Å². The topological polar surface area (TPSA) is 117 Å².